The van der Waals surface area contributed by atoms with E-state index in [2.05, 4.69) is 18.9 Å². The average molecular weight is 266 g/mol. The monoisotopic (exact) mass is 266 g/mol. The molecule has 19 heavy (non-hydrogen) atoms. The molecule has 0 amide bonds. The van der Waals surface area contributed by atoms with Gasteiger partial charge in [0.2, 0.25) is 0 Å². The summed E-state index contributed by atoms with van der Waals surface area (Å²) in [4.78, 5) is 0. The lowest BCUT2D eigenvalue weighted by Crippen LogP contribution is -2.40. The summed E-state index contributed by atoms with van der Waals surface area (Å²) in [5.74, 6) is 0. The van der Waals surface area contributed by atoms with Crippen LogP contribution in [0, 0.1) is 0 Å². The van der Waals surface area contributed by atoms with Crippen LogP contribution in [0.1, 0.15) is 57.7 Å². The molecule has 0 aliphatic heterocycles. The van der Waals surface area contributed by atoms with Gasteiger partial charge in [0.1, 0.15) is 0 Å². The Balaban J connectivity index is 2.01. The van der Waals surface area contributed by atoms with Crippen LogP contribution in [-0.4, -0.2) is 33.7 Å². The molecule has 1 aromatic heterocycles. The van der Waals surface area contributed by atoms with Crippen LogP contribution in [0.2, 0.25) is 0 Å². The molecule has 108 valence electrons. The summed E-state index contributed by atoms with van der Waals surface area (Å²) in [5.41, 5.74) is 0.340. The van der Waals surface area contributed by atoms with Crippen molar-refractivity contribution in [3.05, 3.63) is 18.0 Å². The van der Waals surface area contributed by atoms with Gasteiger partial charge in [-0.2, -0.15) is 5.10 Å². The van der Waals surface area contributed by atoms with Crippen LogP contribution >= 0.6 is 0 Å². The molecule has 0 spiro atoms. The van der Waals surface area contributed by atoms with Crippen molar-refractivity contribution in [2.75, 3.05) is 7.11 Å². The van der Waals surface area contributed by atoms with E-state index in [1.165, 1.54) is 0 Å². The van der Waals surface area contributed by atoms with Crippen LogP contribution in [0.3, 0.4) is 0 Å². The van der Waals surface area contributed by atoms with Crippen LogP contribution in [0.25, 0.3) is 0 Å². The minimum Gasteiger partial charge on any atom is -0.389 e. The Hall–Kier alpha value is -0.870. The first-order valence-corrected chi connectivity index (χ1v) is 7.35. The van der Waals surface area contributed by atoms with Crippen molar-refractivity contribution < 1.29 is 9.84 Å². The second-order valence-electron chi connectivity index (χ2n) is 5.90. The van der Waals surface area contributed by atoms with E-state index in [0.29, 0.717) is 12.5 Å². The molecule has 0 saturated heterocycles. The van der Waals surface area contributed by atoms with E-state index < -0.39 is 5.60 Å². The third-order valence-electron chi connectivity index (χ3n) is 4.33. The molecule has 1 fully saturated rings. The van der Waals surface area contributed by atoms with Crippen molar-refractivity contribution in [1.29, 1.82) is 0 Å². The van der Waals surface area contributed by atoms with Crippen molar-refractivity contribution in [3.63, 3.8) is 0 Å². The lowest BCUT2D eigenvalue weighted by molar-refractivity contribution is -0.0586. The van der Waals surface area contributed by atoms with Gasteiger partial charge < -0.3 is 9.84 Å². The van der Waals surface area contributed by atoms with Gasteiger partial charge in [-0.15, -0.1) is 0 Å². The average Bonchev–Trinajstić information content (AvgIpc) is 2.85. The first-order valence-electron chi connectivity index (χ1n) is 7.35. The van der Waals surface area contributed by atoms with Crippen LogP contribution in [0.5, 0.6) is 0 Å². The second kappa shape index (κ2) is 6.06. The molecular weight excluding hydrogens is 240 g/mol. The molecule has 1 N–H and O–H groups in total. The predicted molar refractivity (Wildman–Crippen MR) is 75.1 cm³/mol. The molecule has 1 aromatic rings. The quantitative estimate of drug-likeness (QED) is 0.891. The zero-order valence-electron chi connectivity index (χ0n) is 12.3. The Morgan fingerprint density at radius 1 is 1.63 bits per heavy atom. The fourth-order valence-electron chi connectivity index (χ4n) is 2.89. The number of hydrogen-bond donors (Lipinski definition) is 1. The van der Waals surface area contributed by atoms with Gasteiger partial charge in [0, 0.05) is 32.2 Å². The second-order valence-corrected chi connectivity index (χ2v) is 5.90. The van der Waals surface area contributed by atoms with E-state index in [1.807, 2.05) is 16.9 Å². The standard InChI is InChI=1S/C15H26N2O2/c1-4-12(2)17-9-7-13(16-17)10-15(18)8-5-6-14(11-15)19-3/h7,9,12,14,18H,4-6,8,10-11H2,1-3H3. The van der Waals surface area contributed by atoms with E-state index in [0.717, 1.165) is 37.8 Å². The van der Waals surface area contributed by atoms with Crippen molar-refractivity contribution in [2.45, 2.75) is 70.1 Å². The smallest absolute Gasteiger partial charge is 0.0728 e. The van der Waals surface area contributed by atoms with Gasteiger partial charge in [0.15, 0.2) is 0 Å². The largest absolute Gasteiger partial charge is 0.389 e. The molecule has 4 nitrogen and oxygen atoms in total. The molecule has 3 unspecified atom stereocenters. The zero-order valence-corrected chi connectivity index (χ0v) is 12.3. The van der Waals surface area contributed by atoms with Gasteiger partial charge in [-0.05, 0) is 38.7 Å². The van der Waals surface area contributed by atoms with Crippen LogP contribution in [-0.2, 0) is 11.2 Å². The maximum absolute atomic E-state index is 10.7. The number of rotatable bonds is 5. The SMILES string of the molecule is CCC(C)n1ccc(CC2(O)CCCC(OC)C2)n1. The topological polar surface area (TPSA) is 47.3 Å². The Bertz CT molecular complexity index is 405. The molecule has 1 heterocycles. The van der Waals surface area contributed by atoms with Gasteiger partial charge >= 0.3 is 0 Å². The fraction of sp³-hybridized carbons (Fsp3) is 0.800. The number of aliphatic hydroxyl groups is 1. The lowest BCUT2D eigenvalue weighted by atomic mass is 9.80. The van der Waals surface area contributed by atoms with Crippen LogP contribution in [0.4, 0.5) is 0 Å². The van der Waals surface area contributed by atoms with E-state index in [9.17, 15) is 5.11 Å². The normalized spacial score (nSPS) is 29.4. The Morgan fingerprint density at radius 2 is 2.42 bits per heavy atom. The summed E-state index contributed by atoms with van der Waals surface area (Å²) in [6.45, 7) is 4.32. The molecule has 1 saturated carbocycles. The summed E-state index contributed by atoms with van der Waals surface area (Å²) < 4.78 is 7.39. The van der Waals surface area contributed by atoms with E-state index in [-0.39, 0.29) is 6.10 Å². The van der Waals surface area contributed by atoms with Crippen LogP contribution < -0.4 is 0 Å². The van der Waals surface area contributed by atoms with E-state index in [4.69, 9.17) is 4.74 Å². The van der Waals surface area contributed by atoms with Gasteiger partial charge in [-0.1, -0.05) is 6.92 Å². The molecule has 2 rings (SSSR count). The van der Waals surface area contributed by atoms with Crippen molar-refractivity contribution in [2.24, 2.45) is 0 Å². The molecule has 0 aromatic carbocycles. The maximum atomic E-state index is 10.7. The predicted octanol–water partition coefficient (Wildman–Crippen LogP) is 2.72. The summed E-state index contributed by atoms with van der Waals surface area (Å²) in [6.07, 6.45) is 7.57. The van der Waals surface area contributed by atoms with Gasteiger partial charge in [-0.25, -0.2) is 0 Å². The van der Waals surface area contributed by atoms with Gasteiger partial charge in [-0.3, -0.25) is 4.68 Å². The Labute approximate surface area is 115 Å². The highest BCUT2D eigenvalue weighted by atomic mass is 16.5. The van der Waals surface area contributed by atoms with Crippen LogP contribution in [0.15, 0.2) is 12.3 Å². The molecule has 0 radical (unpaired) electrons. The lowest BCUT2D eigenvalue weighted by Gasteiger charge is -2.35. The summed E-state index contributed by atoms with van der Waals surface area (Å²) >= 11 is 0. The maximum Gasteiger partial charge on any atom is 0.0728 e. The molecule has 4 heteroatoms. The minimum absolute atomic E-state index is 0.190. The van der Waals surface area contributed by atoms with Crippen molar-refractivity contribution in [3.8, 4) is 0 Å². The first-order chi connectivity index (χ1) is 9.06. The number of nitrogens with zero attached hydrogens (tertiary/aromatic N) is 2. The highest BCUT2D eigenvalue weighted by Gasteiger charge is 2.35. The molecular formula is C15H26N2O2. The van der Waals surface area contributed by atoms with Gasteiger partial charge in [0.25, 0.3) is 0 Å². The molecule has 1 aliphatic rings. The first kappa shape index (κ1) is 14.5. The van der Waals surface area contributed by atoms with Crippen molar-refractivity contribution >= 4 is 0 Å². The number of methoxy groups -OCH3 is 1. The van der Waals surface area contributed by atoms with Crippen molar-refractivity contribution in [1.82, 2.24) is 9.78 Å². The number of hydrogen-bond acceptors (Lipinski definition) is 3. The van der Waals surface area contributed by atoms with E-state index in [1.54, 1.807) is 7.11 Å². The minimum atomic E-state index is -0.645. The fourth-order valence-corrected chi connectivity index (χ4v) is 2.89. The Morgan fingerprint density at radius 3 is 3.11 bits per heavy atom. The van der Waals surface area contributed by atoms with E-state index >= 15 is 0 Å². The summed E-state index contributed by atoms with van der Waals surface area (Å²) in [7, 11) is 1.73. The third kappa shape index (κ3) is 3.57. The zero-order chi connectivity index (χ0) is 13.9. The highest BCUT2D eigenvalue weighted by Crippen LogP contribution is 2.32. The number of ether oxygens (including phenoxy) is 1. The third-order valence-corrected chi connectivity index (χ3v) is 4.33. The molecule has 3 atom stereocenters. The van der Waals surface area contributed by atoms with Gasteiger partial charge in [0.05, 0.1) is 17.4 Å². The highest BCUT2D eigenvalue weighted by molar-refractivity contribution is 5.06. The molecule has 0 bridgehead atoms. The Kier molecular flexibility index (Phi) is 4.63. The molecule has 1 aliphatic carbocycles. The summed E-state index contributed by atoms with van der Waals surface area (Å²) in [6, 6.07) is 2.45. The summed E-state index contributed by atoms with van der Waals surface area (Å²) in [5, 5.41) is 15.3. The number of aromatic nitrogens is 2.